The summed E-state index contributed by atoms with van der Waals surface area (Å²) in [5.74, 6) is -2.10. The van der Waals surface area contributed by atoms with E-state index in [2.05, 4.69) is 11.6 Å². The number of allylic oxidation sites excluding steroid dienone is 5. The van der Waals surface area contributed by atoms with Crippen molar-refractivity contribution in [3.63, 3.8) is 0 Å². The lowest BCUT2D eigenvalue weighted by Gasteiger charge is -2.11. The molecule has 0 saturated carbocycles. The summed E-state index contributed by atoms with van der Waals surface area (Å²) < 4.78 is 19.7. The van der Waals surface area contributed by atoms with Gasteiger partial charge in [0.1, 0.15) is 0 Å². The highest BCUT2D eigenvalue weighted by Crippen LogP contribution is 2.28. The van der Waals surface area contributed by atoms with E-state index in [1.807, 2.05) is 0 Å². The maximum atomic E-state index is 14.7. The number of carboxylic acid groups (broad SMARTS) is 1. The normalized spacial score (nSPS) is 14.9. The SMILES string of the molecule is C=C\C=C/C(OC)=C(F)/C(=C/N=CC)C(/C(=O)O)=C(\C)CC. The number of halogens is 1. The van der Waals surface area contributed by atoms with Crippen LogP contribution in [0.25, 0.3) is 0 Å². The average Bonchev–Trinajstić information content (AvgIpc) is 2.50. The summed E-state index contributed by atoms with van der Waals surface area (Å²) in [7, 11) is 1.31. The van der Waals surface area contributed by atoms with Crippen LogP contribution in [-0.2, 0) is 9.53 Å². The van der Waals surface area contributed by atoms with Gasteiger partial charge < -0.3 is 9.84 Å². The van der Waals surface area contributed by atoms with E-state index in [9.17, 15) is 14.3 Å². The second kappa shape index (κ2) is 10.3. The van der Waals surface area contributed by atoms with E-state index in [1.54, 1.807) is 20.8 Å². The number of rotatable bonds is 8. The summed E-state index contributed by atoms with van der Waals surface area (Å²) in [5, 5.41) is 9.41. The van der Waals surface area contributed by atoms with E-state index in [0.717, 1.165) is 0 Å². The van der Waals surface area contributed by atoms with Crippen LogP contribution in [0.15, 0.2) is 64.3 Å². The first-order valence-corrected chi connectivity index (χ1v) is 6.79. The van der Waals surface area contributed by atoms with Gasteiger partial charge in [0.05, 0.1) is 12.7 Å². The van der Waals surface area contributed by atoms with Gasteiger partial charge in [0.15, 0.2) is 11.6 Å². The number of hydrogen-bond donors (Lipinski definition) is 1. The Morgan fingerprint density at radius 3 is 2.50 bits per heavy atom. The number of nitrogens with zero attached hydrogens (tertiary/aromatic N) is 1. The summed E-state index contributed by atoms with van der Waals surface area (Å²) in [6, 6.07) is 0. The molecule has 0 heterocycles. The van der Waals surface area contributed by atoms with E-state index in [0.29, 0.717) is 12.0 Å². The minimum Gasteiger partial charge on any atom is -0.494 e. The standard InChI is InChI=1S/C17H22FNO3/c1-6-9-10-14(22-5)16(18)13(11-19-8-3)15(17(20)21)12(4)7-2/h6,8-11H,1,7H2,2-5H3,(H,20,21)/b10-9-,13-11+,15-12-,16-14+,19-8?. The molecule has 0 unspecified atom stereocenters. The quantitative estimate of drug-likeness (QED) is 0.314. The van der Waals surface area contributed by atoms with Crippen molar-refractivity contribution < 1.29 is 19.0 Å². The lowest BCUT2D eigenvalue weighted by molar-refractivity contribution is -0.132. The molecule has 22 heavy (non-hydrogen) atoms. The highest BCUT2D eigenvalue weighted by molar-refractivity contribution is 5.94. The first-order valence-electron chi connectivity index (χ1n) is 6.79. The molecule has 0 aromatic carbocycles. The molecule has 0 aliphatic rings. The van der Waals surface area contributed by atoms with Crippen LogP contribution in [0.5, 0.6) is 0 Å². The number of carboxylic acids is 1. The molecule has 4 nitrogen and oxygen atoms in total. The Morgan fingerprint density at radius 2 is 2.09 bits per heavy atom. The lowest BCUT2D eigenvalue weighted by Crippen LogP contribution is -2.08. The third kappa shape index (κ3) is 5.52. The molecule has 120 valence electrons. The molecule has 0 saturated heterocycles. The Bertz CT molecular complexity index is 566. The minimum atomic E-state index is -1.21. The second-order valence-electron chi connectivity index (χ2n) is 4.24. The molecule has 0 radical (unpaired) electrons. The highest BCUT2D eigenvalue weighted by atomic mass is 19.1. The fourth-order valence-electron chi connectivity index (χ4n) is 1.60. The zero-order valence-corrected chi connectivity index (χ0v) is 13.4. The van der Waals surface area contributed by atoms with E-state index < -0.39 is 11.8 Å². The Labute approximate surface area is 130 Å². The molecule has 1 N–H and O–H groups in total. The number of ether oxygens (including phenoxy) is 1. The fraction of sp³-hybridized carbons (Fsp3) is 0.294. The predicted octanol–water partition coefficient (Wildman–Crippen LogP) is 4.34. The molecular weight excluding hydrogens is 285 g/mol. The van der Waals surface area contributed by atoms with Gasteiger partial charge in [-0.1, -0.05) is 31.2 Å². The van der Waals surface area contributed by atoms with Crippen molar-refractivity contribution in [3.8, 4) is 0 Å². The topological polar surface area (TPSA) is 58.9 Å². The van der Waals surface area contributed by atoms with E-state index in [4.69, 9.17) is 4.74 Å². The van der Waals surface area contributed by atoms with Gasteiger partial charge in [-0.05, 0) is 26.3 Å². The Balaban J connectivity index is 6.37. The largest absolute Gasteiger partial charge is 0.494 e. The molecule has 0 amide bonds. The van der Waals surface area contributed by atoms with Crippen molar-refractivity contribution in [1.29, 1.82) is 0 Å². The average molecular weight is 307 g/mol. The molecule has 0 aliphatic heterocycles. The van der Waals surface area contributed by atoms with Gasteiger partial charge >= 0.3 is 5.97 Å². The molecule has 0 aromatic heterocycles. The molecule has 0 aromatic rings. The van der Waals surface area contributed by atoms with Crippen LogP contribution in [0.4, 0.5) is 4.39 Å². The summed E-state index contributed by atoms with van der Waals surface area (Å²) in [6.45, 7) is 8.60. The van der Waals surface area contributed by atoms with Gasteiger partial charge in [0.25, 0.3) is 0 Å². The minimum absolute atomic E-state index is 0.0971. The Kier molecular flexibility index (Phi) is 9.18. The zero-order valence-electron chi connectivity index (χ0n) is 13.4. The van der Waals surface area contributed by atoms with Gasteiger partial charge in [0, 0.05) is 18.0 Å². The molecule has 5 heteroatoms. The van der Waals surface area contributed by atoms with Gasteiger partial charge in [-0.25, -0.2) is 9.18 Å². The molecule has 0 atom stereocenters. The number of aliphatic carboxylic acids is 1. The second-order valence-corrected chi connectivity index (χ2v) is 4.24. The van der Waals surface area contributed by atoms with Crippen molar-refractivity contribution in [2.75, 3.05) is 7.11 Å². The van der Waals surface area contributed by atoms with Gasteiger partial charge in [-0.2, -0.15) is 0 Å². The molecule has 0 bridgehead atoms. The van der Waals surface area contributed by atoms with Gasteiger partial charge in [-0.15, -0.1) is 0 Å². The van der Waals surface area contributed by atoms with Crippen LogP contribution in [0.2, 0.25) is 0 Å². The maximum Gasteiger partial charge on any atom is 0.336 e. The Hall–Kier alpha value is -2.43. The molecular formula is C17H22FNO3. The number of aliphatic imine (C=N–C) groups is 1. The van der Waals surface area contributed by atoms with Crippen LogP contribution in [0, 0.1) is 0 Å². The van der Waals surface area contributed by atoms with Crippen LogP contribution < -0.4 is 0 Å². The summed E-state index contributed by atoms with van der Waals surface area (Å²) in [4.78, 5) is 15.4. The predicted molar refractivity (Wildman–Crippen MR) is 87.4 cm³/mol. The molecule has 0 fully saturated rings. The number of methoxy groups -OCH3 is 1. The lowest BCUT2D eigenvalue weighted by atomic mass is 9.98. The molecule has 0 spiro atoms. The van der Waals surface area contributed by atoms with Crippen molar-refractivity contribution in [2.24, 2.45) is 4.99 Å². The third-order valence-electron chi connectivity index (χ3n) is 2.85. The van der Waals surface area contributed by atoms with Crippen molar-refractivity contribution in [3.05, 3.63) is 59.3 Å². The molecule has 0 rings (SSSR count). The number of hydrogen-bond acceptors (Lipinski definition) is 3. The molecule has 0 aliphatic carbocycles. The van der Waals surface area contributed by atoms with E-state index in [1.165, 1.54) is 37.8 Å². The number of carbonyl (C=O) groups is 1. The first kappa shape index (κ1) is 19.6. The van der Waals surface area contributed by atoms with Crippen LogP contribution >= 0.6 is 0 Å². The fourth-order valence-corrected chi connectivity index (χ4v) is 1.60. The Morgan fingerprint density at radius 1 is 1.45 bits per heavy atom. The van der Waals surface area contributed by atoms with E-state index >= 15 is 0 Å². The summed E-state index contributed by atoms with van der Waals surface area (Å²) in [6.07, 6.45) is 7.43. The van der Waals surface area contributed by atoms with Crippen LogP contribution in [0.3, 0.4) is 0 Å². The zero-order chi connectivity index (χ0) is 17.1. The summed E-state index contributed by atoms with van der Waals surface area (Å²) in [5.41, 5.74) is 0.297. The van der Waals surface area contributed by atoms with Gasteiger partial charge in [0.2, 0.25) is 0 Å². The maximum absolute atomic E-state index is 14.7. The van der Waals surface area contributed by atoms with Crippen molar-refractivity contribution >= 4 is 12.2 Å². The van der Waals surface area contributed by atoms with Crippen molar-refractivity contribution in [2.45, 2.75) is 27.2 Å². The van der Waals surface area contributed by atoms with Crippen LogP contribution in [0.1, 0.15) is 27.2 Å². The monoisotopic (exact) mass is 307 g/mol. The summed E-state index contributed by atoms with van der Waals surface area (Å²) >= 11 is 0. The third-order valence-corrected chi connectivity index (χ3v) is 2.85. The smallest absolute Gasteiger partial charge is 0.336 e. The van der Waals surface area contributed by atoms with Gasteiger partial charge in [-0.3, -0.25) is 4.99 Å². The van der Waals surface area contributed by atoms with Crippen LogP contribution in [-0.4, -0.2) is 24.4 Å². The highest BCUT2D eigenvalue weighted by Gasteiger charge is 2.22. The van der Waals surface area contributed by atoms with E-state index in [-0.39, 0.29) is 16.9 Å². The van der Waals surface area contributed by atoms with Crippen molar-refractivity contribution in [1.82, 2.24) is 0 Å². The first-order chi connectivity index (χ1) is 10.4.